The van der Waals surface area contributed by atoms with Crippen LogP contribution in [0, 0.1) is 11.7 Å². The Bertz CT molecular complexity index is 687. The van der Waals surface area contributed by atoms with Crippen molar-refractivity contribution in [1.82, 2.24) is 10.3 Å². The average Bonchev–Trinajstić information content (AvgIpc) is 3.22. The lowest BCUT2D eigenvalue weighted by Gasteiger charge is -2.23. The van der Waals surface area contributed by atoms with Crippen molar-refractivity contribution in [2.24, 2.45) is 5.92 Å². The smallest absolute Gasteiger partial charge is 0.223 e. The number of nitrogens with one attached hydrogen (secondary N) is 2. The topological polar surface area (TPSA) is 44.9 Å². The van der Waals surface area contributed by atoms with E-state index in [1.807, 2.05) is 0 Å². The van der Waals surface area contributed by atoms with Gasteiger partial charge in [0.05, 0.1) is 0 Å². The molecule has 1 saturated carbocycles. The molecule has 2 N–H and O–H groups in total. The monoisotopic (exact) mass is 272 g/mol. The van der Waals surface area contributed by atoms with Crippen molar-refractivity contribution in [2.75, 3.05) is 0 Å². The van der Waals surface area contributed by atoms with E-state index in [1.165, 1.54) is 17.3 Å². The van der Waals surface area contributed by atoms with Gasteiger partial charge in [0.1, 0.15) is 5.82 Å². The molecular formula is C16H17FN2O. The summed E-state index contributed by atoms with van der Waals surface area (Å²) < 4.78 is 13.4. The highest BCUT2D eigenvalue weighted by atomic mass is 19.1. The van der Waals surface area contributed by atoms with Crippen molar-refractivity contribution < 1.29 is 9.18 Å². The first kappa shape index (κ1) is 11.9. The summed E-state index contributed by atoms with van der Waals surface area (Å²) in [5.41, 5.74) is 3.36. The number of hydrogen-bond donors (Lipinski definition) is 2. The first-order chi connectivity index (χ1) is 9.70. The number of amides is 1. The molecule has 4 rings (SSSR count). The van der Waals surface area contributed by atoms with Crippen LogP contribution in [0.3, 0.4) is 0 Å². The quantitative estimate of drug-likeness (QED) is 0.867. The van der Waals surface area contributed by atoms with Crippen molar-refractivity contribution in [3.05, 3.63) is 35.3 Å². The fourth-order valence-electron chi connectivity index (χ4n) is 3.18. The number of fused-ring (bicyclic) bond motifs is 3. The first-order valence-corrected chi connectivity index (χ1v) is 7.30. The molecule has 0 radical (unpaired) electrons. The van der Waals surface area contributed by atoms with Crippen LogP contribution in [0.15, 0.2) is 18.2 Å². The van der Waals surface area contributed by atoms with E-state index in [9.17, 15) is 9.18 Å². The van der Waals surface area contributed by atoms with Crippen LogP contribution >= 0.6 is 0 Å². The predicted molar refractivity (Wildman–Crippen MR) is 74.9 cm³/mol. The Hall–Kier alpha value is -1.84. The number of rotatable bonds is 2. The summed E-state index contributed by atoms with van der Waals surface area (Å²) in [6.07, 6.45) is 4.74. The predicted octanol–water partition coefficient (Wildman–Crippen LogP) is 2.69. The number of benzene rings is 1. The van der Waals surface area contributed by atoms with Gasteiger partial charge < -0.3 is 10.3 Å². The molecule has 4 heteroatoms. The number of aromatic amines is 1. The van der Waals surface area contributed by atoms with Gasteiger partial charge in [0.15, 0.2) is 0 Å². The van der Waals surface area contributed by atoms with E-state index in [-0.39, 0.29) is 23.7 Å². The van der Waals surface area contributed by atoms with E-state index in [2.05, 4.69) is 10.3 Å². The standard InChI is InChI=1S/C16H17FN2O/c17-10-3-5-14-12(7-10)13-8-11(4-6-15(13)19-14)18-16(20)9-1-2-9/h3,5,7,9,11,19H,1-2,4,6,8H2,(H,18,20). The zero-order chi connectivity index (χ0) is 13.7. The maximum absolute atomic E-state index is 13.4. The normalized spacial score (nSPS) is 21.8. The van der Waals surface area contributed by atoms with E-state index in [1.54, 1.807) is 12.1 Å². The Morgan fingerprint density at radius 3 is 2.95 bits per heavy atom. The number of hydrogen-bond acceptors (Lipinski definition) is 1. The van der Waals surface area contributed by atoms with Gasteiger partial charge in [-0.1, -0.05) is 0 Å². The largest absolute Gasteiger partial charge is 0.358 e. The molecule has 0 saturated heterocycles. The summed E-state index contributed by atoms with van der Waals surface area (Å²) >= 11 is 0. The first-order valence-electron chi connectivity index (χ1n) is 7.30. The lowest BCUT2D eigenvalue weighted by Crippen LogP contribution is -2.39. The highest BCUT2D eigenvalue weighted by molar-refractivity contribution is 5.85. The number of carbonyl (C=O) groups is 1. The Balaban J connectivity index is 1.62. The van der Waals surface area contributed by atoms with E-state index < -0.39 is 0 Å². The number of H-pyrrole nitrogens is 1. The van der Waals surface area contributed by atoms with Crippen LogP contribution in [0.4, 0.5) is 4.39 Å². The molecule has 1 unspecified atom stereocenters. The summed E-state index contributed by atoms with van der Waals surface area (Å²) in [7, 11) is 0. The highest BCUT2D eigenvalue weighted by Gasteiger charge is 2.32. The van der Waals surface area contributed by atoms with Crippen LogP contribution in [0.1, 0.15) is 30.5 Å². The average molecular weight is 272 g/mol. The number of aromatic nitrogens is 1. The second kappa shape index (κ2) is 4.33. The van der Waals surface area contributed by atoms with Crippen LogP contribution in [0.2, 0.25) is 0 Å². The molecule has 1 atom stereocenters. The molecule has 1 fully saturated rings. The van der Waals surface area contributed by atoms with Gasteiger partial charge in [0.25, 0.3) is 0 Å². The molecule has 2 aromatic rings. The van der Waals surface area contributed by atoms with Gasteiger partial charge in [-0.15, -0.1) is 0 Å². The van der Waals surface area contributed by atoms with E-state index in [0.29, 0.717) is 0 Å². The molecule has 0 spiro atoms. The second-order valence-electron chi connectivity index (χ2n) is 5.99. The molecule has 2 aliphatic carbocycles. The maximum Gasteiger partial charge on any atom is 0.223 e. The molecule has 1 aromatic heterocycles. The van der Waals surface area contributed by atoms with Gasteiger partial charge in [-0.2, -0.15) is 0 Å². The zero-order valence-corrected chi connectivity index (χ0v) is 11.2. The third-order valence-electron chi connectivity index (χ3n) is 4.44. The van der Waals surface area contributed by atoms with Gasteiger partial charge in [0.2, 0.25) is 5.91 Å². The summed E-state index contributed by atoms with van der Waals surface area (Å²) in [6, 6.07) is 5.06. The van der Waals surface area contributed by atoms with Crippen molar-refractivity contribution in [3.63, 3.8) is 0 Å². The summed E-state index contributed by atoms with van der Waals surface area (Å²) in [6.45, 7) is 0. The van der Waals surface area contributed by atoms with Crippen LogP contribution in [-0.4, -0.2) is 16.9 Å². The number of aryl methyl sites for hydroxylation is 1. The molecule has 0 aliphatic heterocycles. The summed E-state index contributed by atoms with van der Waals surface area (Å²) in [5, 5.41) is 4.11. The lowest BCUT2D eigenvalue weighted by molar-refractivity contribution is -0.123. The van der Waals surface area contributed by atoms with Gasteiger partial charge in [-0.25, -0.2) is 4.39 Å². The van der Waals surface area contributed by atoms with Crippen molar-refractivity contribution in [2.45, 2.75) is 38.1 Å². The minimum Gasteiger partial charge on any atom is -0.358 e. The van der Waals surface area contributed by atoms with Crippen LogP contribution < -0.4 is 5.32 Å². The SMILES string of the molecule is O=C(NC1CCc2[nH]c3ccc(F)cc3c2C1)C1CC1. The minimum absolute atomic E-state index is 0.192. The Morgan fingerprint density at radius 1 is 1.30 bits per heavy atom. The van der Waals surface area contributed by atoms with Crippen molar-refractivity contribution in [1.29, 1.82) is 0 Å². The molecule has 2 aliphatic rings. The van der Waals surface area contributed by atoms with E-state index in [0.717, 1.165) is 43.0 Å². The molecule has 3 nitrogen and oxygen atoms in total. The molecule has 20 heavy (non-hydrogen) atoms. The van der Waals surface area contributed by atoms with E-state index in [4.69, 9.17) is 0 Å². The third kappa shape index (κ3) is 1.99. The number of carbonyl (C=O) groups excluding carboxylic acids is 1. The minimum atomic E-state index is -0.205. The lowest BCUT2D eigenvalue weighted by atomic mass is 9.91. The molecule has 1 amide bonds. The van der Waals surface area contributed by atoms with Crippen LogP contribution in [0.25, 0.3) is 10.9 Å². The Morgan fingerprint density at radius 2 is 2.15 bits per heavy atom. The van der Waals surface area contributed by atoms with Gasteiger partial charge in [-0.05, 0) is 55.9 Å². The second-order valence-corrected chi connectivity index (χ2v) is 5.99. The molecule has 1 heterocycles. The Labute approximate surface area is 116 Å². The molecule has 1 aromatic carbocycles. The number of halogens is 1. The Kier molecular flexibility index (Phi) is 2.59. The fraction of sp³-hybridized carbons (Fsp3) is 0.438. The zero-order valence-electron chi connectivity index (χ0n) is 11.2. The van der Waals surface area contributed by atoms with Gasteiger partial charge in [-0.3, -0.25) is 4.79 Å². The fourth-order valence-corrected chi connectivity index (χ4v) is 3.18. The van der Waals surface area contributed by atoms with Gasteiger partial charge in [0, 0.05) is 28.6 Å². The van der Waals surface area contributed by atoms with Gasteiger partial charge >= 0.3 is 0 Å². The van der Waals surface area contributed by atoms with Crippen molar-refractivity contribution in [3.8, 4) is 0 Å². The molecule has 104 valence electrons. The molecule has 0 bridgehead atoms. The van der Waals surface area contributed by atoms with Crippen LogP contribution in [0.5, 0.6) is 0 Å². The van der Waals surface area contributed by atoms with Crippen LogP contribution in [-0.2, 0) is 17.6 Å². The maximum atomic E-state index is 13.4. The summed E-state index contributed by atoms with van der Waals surface area (Å²) in [5.74, 6) is 0.240. The molecular weight excluding hydrogens is 255 g/mol. The highest BCUT2D eigenvalue weighted by Crippen LogP contribution is 2.32. The van der Waals surface area contributed by atoms with E-state index >= 15 is 0 Å². The third-order valence-corrected chi connectivity index (χ3v) is 4.44. The summed E-state index contributed by atoms with van der Waals surface area (Å²) in [4.78, 5) is 15.2. The van der Waals surface area contributed by atoms with Crippen molar-refractivity contribution >= 4 is 16.8 Å².